The first-order chi connectivity index (χ1) is 8.61. The lowest BCUT2D eigenvalue weighted by atomic mass is 10.2. The minimum atomic E-state index is 0.601. The highest BCUT2D eigenvalue weighted by Crippen LogP contribution is 2.10. The Balaban J connectivity index is 2.56. The van der Waals surface area contributed by atoms with Crippen LogP contribution in [0.15, 0.2) is 29.3 Å². The van der Waals surface area contributed by atoms with Crippen LogP contribution in [-0.2, 0) is 6.54 Å². The maximum absolute atomic E-state index is 5.85. The average molecular weight is 268 g/mol. The first kappa shape index (κ1) is 14.8. The molecule has 0 radical (unpaired) electrons. The first-order valence-corrected chi connectivity index (χ1v) is 6.76. The molecule has 1 rings (SSSR count). The predicted molar refractivity (Wildman–Crippen MR) is 79.1 cm³/mol. The van der Waals surface area contributed by atoms with Gasteiger partial charge in [-0.25, -0.2) is 4.99 Å². The Labute approximate surface area is 115 Å². The Bertz CT molecular complexity index is 371. The molecular weight excluding hydrogens is 246 g/mol. The molecule has 0 amide bonds. The number of nitrogens with zero attached hydrogens (tertiary/aromatic N) is 1. The van der Waals surface area contributed by atoms with E-state index in [9.17, 15) is 0 Å². The van der Waals surface area contributed by atoms with Gasteiger partial charge in [0.25, 0.3) is 0 Å². The standard InChI is InChI=1S/C14H22ClN3/c1-4-16-14(17-9-11(2)3)18-10-12-5-7-13(15)8-6-12/h5-8,11H,4,9-10H2,1-3H3,(H2,16,17,18). The van der Waals surface area contributed by atoms with Crippen LogP contribution in [0.3, 0.4) is 0 Å². The lowest BCUT2D eigenvalue weighted by molar-refractivity contribution is 0.615. The quantitative estimate of drug-likeness (QED) is 0.636. The van der Waals surface area contributed by atoms with Gasteiger partial charge >= 0.3 is 0 Å². The molecule has 0 aliphatic rings. The third-order valence-corrected chi connectivity index (χ3v) is 2.61. The van der Waals surface area contributed by atoms with Gasteiger partial charge in [0, 0.05) is 18.1 Å². The van der Waals surface area contributed by atoms with Crippen molar-refractivity contribution in [3.05, 3.63) is 34.9 Å². The fraction of sp³-hybridized carbons (Fsp3) is 0.500. The van der Waals surface area contributed by atoms with Gasteiger partial charge < -0.3 is 10.6 Å². The van der Waals surface area contributed by atoms with Crippen LogP contribution in [0.25, 0.3) is 0 Å². The molecule has 0 spiro atoms. The van der Waals surface area contributed by atoms with E-state index >= 15 is 0 Å². The van der Waals surface area contributed by atoms with E-state index in [1.54, 1.807) is 0 Å². The zero-order valence-electron chi connectivity index (χ0n) is 11.3. The topological polar surface area (TPSA) is 36.4 Å². The molecule has 4 heteroatoms. The van der Waals surface area contributed by atoms with Crippen molar-refractivity contribution in [3.63, 3.8) is 0 Å². The van der Waals surface area contributed by atoms with Crippen LogP contribution in [0.1, 0.15) is 26.3 Å². The summed E-state index contributed by atoms with van der Waals surface area (Å²) < 4.78 is 0. The zero-order chi connectivity index (χ0) is 13.4. The van der Waals surface area contributed by atoms with Gasteiger partial charge in [-0.1, -0.05) is 37.6 Å². The third-order valence-electron chi connectivity index (χ3n) is 2.35. The molecule has 100 valence electrons. The number of hydrogen-bond donors (Lipinski definition) is 2. The summed E-state index contributed by atoms with van der Waals surface area (Å²) in [5.41, 5.74) is 1.15. The summed E-state index contributed by atoms with van der Waals surface area (Å²) in [6.45, 7) is 8.86. The lowest BCUT2D eigenvalue weighted by Crippen LogP contribution is -2.39. The lowest BCUT2D eigenvalue weighted by Gasteiger charge is -2.12. The molecule has 1 aromatic carbocycles. The molecule has 0 saturated heterocycles. The second kappa shape index (κ2) is 7.98. The summed E-state index contributed by atoms with van der Waals surface area (Å²) in [5, 5.41) is 7.30. The minimum Gasteiger partial charge on any atom is -0.357 e. The van der Waals surface area contributed by atoms with Crippen LogP contribution in [0, 0.1) is 5.92 Å². The largest absolute Gasteiger partial charge is 0.357 e. The molecule has 0 aliphatic carbocycles. The van der Waals surface area contributed by atoms with Crippen molar-refractivity contribution >= 4 is 17.6 Å². The van der Waals surface area contributed by atoms with E-state index < -0.39 is 0 Å². The Kier molecular flexibility index (Phi) is 6.58. The molecule has 0 heterocycles. The van der Waals surface area contributed by atoms with Crippen LogP contribution >= 0.6 is 11.6 Å². The second-order valence-electron chi connectivity index (χ2n) is 4.60. The van der Waals surface area contributed by atoms with Crippen molar-refractivity contribution in [2.24, 2.45) is 10.9 Å². The third kappa shape index (κ3) is 5.92. The molecule has 1 aromatic rings. The molecule has 0 fully saturated rings. The summed E-state index contributed by atoms with van der Waals surface area (Å²) in [7, 11) is 0. The molecule has 0 atom stereocenters. The summed E-state index contributed by atoms with van der Waals surface area (Å²) in [5.74, 6) is 1.46. The van der Waals surface area contributed by atoms with Crippen LogP contribution in [0.5, 0.6) is 0 Å². The Morgan fingerprint density at radius 1 is 1.22 bits per heavy atom. The number of benzene rings is 1. The van der Waals surface area contributed by atoms with Gasteiger partial charge in [-0.2, -0.15) is 0 Å². The number of nitrogens with one attached hydrogen (secondary N) is 2. The van der Waals surface area contributed by atoms with E-state index in [2.05, 4.69) is 36.4 Å². The average Bonchev–Trinajstić information content (AvgIpc) is 2.34. The van der Waals surface area contributed by atoms with Gasteiger partial charge in [0.05, 0.1) is 6.54 Å². The summed E-state index contributed by atoms with van der Waals surface area (Å²) >= 11 is 5.85. The Morgan fingerprint density at radius 3 is 2.44 bits per heavy atom. The fourth-order valence-electron chi connectivity index (χ4n) is 1.40. The van der Waals surface area contributed by atoms with Crippen molar-refractivity contribution < 1.29 is 0 Å². The SMILES string of the molecule is CCNC(=NCc1ccc(Cl)cc1)NCC(C)C. The van der Waals surface area contributed by atoms with E-state index in [0.717, 1.165) is 29.6 Å². The maximum Gasteiger partial charge on any atom is 0.191 e. The first-order valence-electron chi connectivity index (χ1n) is 6.38. The van der Waals surface area contributed by atoms with Crippen molar-refractivity contribution in [3.8, 4) is 0 Å². The molecular formula is C14H22ClN3. The molecule has 18 heavy (non-hydrogen) atoms. The summed E-state index contributed by atoms with van der Waals surface area (Å²) in [6, 6.07) is 7.78. The molecule has 0 unspecified atom stereocenters. The number of halogens is 1. The van der Waals surface area contributed by atoms with Crippen molar-refractivity contribution in [1.29, 1.82) is 0 Å². The molecule has 0 bridgehead atoms. The summed E-state index contributed by atoms with van der Waals surface area (Å²) in [4.78, 5) is 4.54. The van der Waals surface area contributed by atoms with Crippen LogP contribution in [-0.4, -0.2) is 19.0 Å². The highest BCUT2D eigenvalue weighted by atomic mass is 35.5. The van der Waals surface area contributed by atoms with Crippen molar-refractivity contribution in [1.82, 2.24) is 10.6 Å². The highest BCUT2D eigenvalue weighted by Gasteiger charge is 1.99. The number of hydrogen-bond acceptors (Lipinski definition) is 1. The monoisotopic (exact) mass is 267 g/mol. The highest BCUT2D eigenvalue weighted by molar-refractivity contribution is 6.30. The van der Waals surface area contributed by atoms with Gasteiger partial charge in [0.2, 0.25) is 0 Å². The van der Waals surface area contributed by atoms with Crippen molar-refractivity contribution in [2.75, 3.05) is 13.1 Å². The van der Waals surface area contributed by atoms with Crippen molar-refractivity contribution in [2.45, 2.75) is 27.3 Å². The van der Waals surface area contributed by atoms with Crippen LogP contribution in [0.4, 0.5) is 0 Å². The number of guanidine groups is 1. The van der Waals surface area contributed by atoms with E-state index in [0.29, 0.717) is 12.5 Å². The van der Waals surface area contributed by atoms with Gasteiger partial charge in [0.15, 0.2) is 5.96 Å². The second-order valence-corrected chi connectivity index (χ2v) is 5.03. The minimum absolute atomic E-state index is 0.601. The van der Waals surface area contributed by atoms with E-state index in [1.165, 1.54) is 0 Å². The van der Waals surface area contributed by atoms with E-state index in [4.69, 9.17) is 11.6 Å². The van der Waals surface area contributed by atoms with E-state index in [-0.39, 0.29) is 0 Å². The van der Waals surface area contributed by atoms with E-state index in [1.807, 2.05) is 24.3 Å². The Morgan fingerprint density at radius 2 is 1.89 bits per heavy atom. The number of aliphatic imine (C=N–C) groups is 1. The van der Waals surface area contributed by atoms with Gasteiger partial charge in [0.1, 0.15) is 0 Å². The van der Waals surface area contributed by atoms with Crippen LogP contribution in [0.2, 0.25) is 5.02 Å². The zero-order valence-corrected chi connectivity index (χ0v) is 12.1. The molecule has 0 saturated carbocycles. The molecule has 3 nitrogen and oxygen atoms in total. The normalized spacial score (nSPS) is 11.7. The van der Waals surface area contributed by atoms with Gasteiger partial charge in [-0.15, -0.1) is 0 Å². The van der Waals surface area contributed by atoms with Gasteiger partial charge in [-0.3, -0.25) is 0 Å². The van der Waals surface area contributed by atoms with Gasteiger partial charge in [-0.05, 0) is 30.5 Å². The van der Waals surface area contributed by atoms with Crippen LogP contribution < -0.4 is 10.6 Å². The maximum atomic E-state index is 5.85. The predicted octanol–water partition coefficient (Wildman–Crippen LogP) is 3.05. The molecule has 2 N–H and O–H groups in total. The fourth-order valence-corrected chi connectivity index (χ4v) is 1.53. The Hall–Kier alpha value is -1.22. The molecule has 0 aromatic heterocycles. The summed E-state index contributed by atoms with van der Waals surface area (Å²) in [6.07, 6.45) is 0. The smallest absolute Gasteiger partial charge is 0.191 e. The molecule has 0 aliphatic heterocycles. The number of rotatable bonds is 5.